The first kappa shape index (κ1) is 13.2. The van der Waals surface area contributed by atoms with Gasteiger partial charge in [0.25, 0.3) is 0 Å². The Balaban J connectivity index is 1.50. The molecular weight excluding hydrogens is 260 g/mol. The predicted octanol–water partition coefficient (Wildman–Crippen LogP) is 2.41. The molecule has 0 amide bonds. The van der Waals surface area contributed by atoms with Crippen molar-refractivity contribution < 1.29 is 4.42 Å². The number of rotatable bonds is 7. The van der Waals surface area contributed by atoms with E-state index >= 15 is 0 Å². The molecule has 0 bridgehead atoms. The van der Waals surface area contributed by atoms with Crippen molar-refractivity contribution in [3.63, 3.8) is 0 Å². The zero-order valence-electron chi connectivity index (χ0n) is 11.4. The van der Waals surface area contributed by atoms with Crippen LogP contribution in [-0.4, -0.2) is 33.3 Å². The van der Waals surface area contributed by atoms with E-state index in [4.69, 9.17) is 4.42 Å². The van der Waals surface area contributed by atoms with Gasteiger partial charge in [-0.05, 0) is 31.4 Å². The minimum Gasteiger partial charge on any atom is -0.407 e. The average Bonchev–Trinajstić information content (AvgIpc) is 2.98. The fourth-order valence-corrected chi connectivity index (χ4v) is 3.76. The summed E-state index contributed by atoms with van der Waals surface area (Å²) < 4.78 is 5.65. The minimum absolute atomic E-state index is 0.481. The summed E-state index contributed by atoms with van der Waals surface area (Å²) >= 11 is 2.03. The van der Waals surface area contributed by atoms with Crippen molar-refractivity contribution in [2.24, 2.45) is 0 Å². The van der Waals surface area contributed by atoms with Gasteiger partial charge in [-0.2, -0.15) is 11.8 Å². The number of anilines is 1. The van der Waals surface area contributed by atoms with Crippen LogP contribution in [0.3, 0.4) is 0 Å². The van der Waals surface area contributed by atoms with E-state index in [1.54, 1.807) is 0 Å². The summed E-state index contributed by atoms with van der Waals surface area (Å²) in [4.78, 5) is 0. The molecule has 2 fully saturated rings. The zero-order valence-corrected chi connectivity index (χ0v) is 12.2. The molecule has 2 saturated carbocycles. The third-order valence-corrected chi connectivity index (χ3v) is 5.05. The molecule has 3 rings (SSSR count). The fourth-order valence-electron chi connectivity index (χ4n) is 2.57. The van der Waals surface area contributed by atoms with Gasteiger partial charge in [0.15, 0.2) is 0 Å². The molecule has 2 unspecified atom stereocenters. The lowest BCUT2D eigenvalue weighted by Crippen LogP contribution is -2.26. The highest BCUT2D eigenvalue weighted by molar-refractivity contribution is 7.99. The maximum absolute atomic E-state index is 5.65. The van der Waals surface area contributed by atoms with Crippen LogP contribution in [0.2, 0.25) is 0 Å². The number of aromatic nitrogens is 2. The molecule has 106 valence electrons. The highest BCUT2D eigenvalue weighted by atomic mass is 32.2. The van der Waals surface area contributed by atoms with Gasteiger partial charge in [-0.3, -0.25) is 0 Å². The Morgan fingerprint density at radius 3 is 2.95 bits per heavy atom. The highest BCUT2D eigenvalue weighted by Gasteiger charge is 2.28. The second kappa shape index (κ2) is 6.13. The first-order valence-corrected chi connectivity index (χ1v) is 8.34. The zero-order chi connectivity index (χ0) is 13.1. The summed E-state index contributed by atoms with van der Waals surface area (Å²) in [6, 6.07) is 1.74. The van der Waals surface area contributed by atoms with Gasteiger partial charge in [0.1, 0.15) is 0 Å². The van der Waals surface area contributed by atoms with E-state index in [0.29, 0.717) is 35.8 Å². The monoisotopic (exact) mass is 282 g/mol. The van der Waals surface area contributed by atoms with Crippen molar-refractivity contribution in [3.05, 3.63) is 5.89 Å². The van der Waals surface area contributed by atoms with Crippen molar-refractivity contribution in [2.45, 2.75) is 62.9 Å². The molecule has 1 heterocycles. The molecule has 0 aromatic carbocycles. The Hall–Kier alpha value is -0.750. The molecule has 2 aliphatic rings. The van der Waals surface area contributed by atoms with Crippen LogP contribution in [0.1, 0.15) is 44.9 Å². The highest BCUT2D eigenvalue weighted by Crippen LogP contribution is 2.31. The lowest BCUT2D eigenvalue weighted by molar-refractivity contribution is 0.471. The minimum atomic E-state index is 0.481. The summed E-state index contributed by atoms with van der Waals surface area (Å²) in [5.74, 6) is 1.86. The van der Waals surface area contributed by atoms with E-state index in [0.717, 1.165) is 0 Å². The van der Waals surface area contributed by atoms with Gasteiger partial charge in [-0.1, -0.05) is 18.4 Å². The topological polar surface area (TPSA) is 63.0 Å². The molecule has 2 atom stereocenters. The summed E-state index contributed by atoms with van der Waals surface area (Å²) in [5, 5.41) is 15.7. The van der Waals surface area contributed by atoms with Gasteiger partial charge < -0.3 is 15.1 Å². The third-order valence-electron chi connectivity index (χ3n) is 3.73. The molecule has 5 nitrogen and oxygen atoms in total. The normalized spacial score (nSPS) is 26.8. The Labute approximate surface area is 118 Å². The number of thioether (sulfide) groups is 1. The van der Waals surface area contributed by atoms with Crippen LogP contribution in [0.25, 0.3) is 0 Å². The first-order chi connectivity index (χ1) is 9.35. The van der Waals surface area contributed by atoms with Gasteiger partial charge in [-0.15, -0.1) is 5.10 Å². The fraction of sp³-hybridized carbons (Fsp3) is 0.846. The quantitative estimate of drug-likeness (QED) is 0.801. The van der Waals surface area contributed by atoms with E-state index in [2.05, 4.69) is 27.8 Å². The molecule has 0 radical (unpaired) electrons. The maximum Gasteiger partial charge on any atom is 0.315 e. The SMILES string of the molecule is CCSC1CCCC1Nc1nnc(CNC2CC2)o1. The molecule has 2 N–H and O–H groups in total. The molecule has 0 aliphatic heterocycles. The van der Waals surface area contributed by atoms with E-state index in [1.165, 1.54) is 37.9 Å². The molecule has 6 heteroatoms. The lowest BCUT2D eigenvalue weighted by atomic mass is 10.2. The average molecular weight is 282 g/mol. The lowest BCUT2D eigenvalue weighted by Gasteiger charge is -2.18. The summed E-state index contributed by atoms with van der Waals surface area (Å²) in [6.45, 7) is 2.91. The van der Waals surface area contributed by atoms with Gasteiger partial charge in [0.2, 0.25) is 5.89 Å². The second-order valence-electron chi connectivity index (χ2n) is 5.33. The van der Waals surface area contributed by atoms with Crippen molar-refractivity contribution in [2.75, 3.05) is 11.1 Å². The van der Waals surface area contributed by atoms with Crippen LogP contribution in [0.15, 0.2) is 4.42 Å². The van der Waals surface area contributed by atoms with Crippen LogP contribution in [-0.2, 0) is 6.54 Å². The van der Waals surface area contributed by atoms with Crippen molar-refractivity contribution >= 4 is 17.8 Å². The summed E-state index contributed by atoms with van der Waals surface area (Å²) in [7, 11) is 0. The second-order valence-corrected chi connectivity index (χ2v) is 6.85. The van der Waals surface area contributed by atoms with Crippen LogP contribution in [0.5, 0.6) is 0 Å². The van der Waals surface area contributed by atoms with Crippen molar-refractivity contribution in [3.8, 4) is 0 Å². The van der Waals surface area contributed by atoms with Crippen LogP contribution in [0, 0.1) is 0 Å². The molecule has 1 aromatic rings. The van der Waals surface area contributed by atoms with Gasteiger partial charge in [0.05, 0.1) is 6.54 Å². The Kier molecular flexibility index (Phi) is 4.28. The number of nitrogens with one attached hydrogen (secondary N) is 2. The largest absolute Gasteiger partial charge is 0.407 e. The number of hydrogen-bond donors (Lipinski definition) is 2. The third kappa shape index (κ3) is 3.63. The van der Waals surface area contributed by atoms with Crippen LogP contribution in [0.4, 0.5) is 6.01 Å². The van der Waals surface area contributed by atoms with Crippen LogP contribution >= 0.6 is 11.8 Å². The van der Waals surface area contributed by atoms with Crippen molar-refractivity contribution in [1.82, 2.24) is 15.5 Å². The van der Waals surface area contributed by atoms with Crippen molar-refractivity contribution in [1.29, 1.82) is 0 Å². The van der Waals surface area contributed by atoms with E-state index < -0.39 is 0 Å². The standard InChI is InChI=1S/C13H22N4OS/c1-2-19-11-5-3-4-10(11)15-13-17-16-12(18-13)8-14-9-6-7-9/h9-11,14H,2-8H2,1H3,(H,15,17). The van der Waals surface area contributed by atoms with Crippen LogP contribution < -0.4 is 10.6 Å². The van der Waals surface area contributed by atoms with E-state index in [1.807, 2.05) is 11.8 Å². The summed E-state index contributed by atoms with van der Waals surface area (Å²) in [5.41, 5.74) is 0. The molecule has 0 saturated heterocycles. The van der Waals surface area contributed by atoms with Gasteiger partial charge in [-0.25, -0.2) is 0 Å². The molecule has 0 spiro atoms. The number of hydrogen-bond acceptors (Lipinski definition) is 6. The Bertz CT molecular complexity index is 407. The van der Waals surface area contributed by atoms with Gasteiger partial charge >= 0.3 is 6.01 Å². The smallest absolute Gasteiger partial charge is 0.315 e. The predicted molar refractivity (Wildman–Crippen MR) is 77.3 cm³/mol. The Morgan fingerprint density at radius 2 is 2.16 bits per heavy atom. The molecular formula is C13H22N4OS. The first-order valence-electron chi connectivity index (χ1n) is 7.29. The molecule has 1 aromatic heterocycles. The van der Waals surface area contributed by atoms with Gasteiger partial charge in [0, 0.05) is 17.3 Å². The Morgan fingerprint density at radius 1 is 1.26 bits per heavy atom. The van der Waals surface area contributed by atoms with E-state index in [9.17, 15) is 0 Å². The summed E-state index contributed by atoms with van der Waals surface area (Å²) in [6.07, 6.45) is 6.34. The molecule has 19 heavy (non-hydrogen) atoms. The maximum atomic E-state index is 5.65. The number of nitrogens with zero attached hydrogens (tertiary/aromatic N) is 2. The molecule has 2 aliphatic carbocycles. The van der Waals surface area contributed by atoms with E-state index in [-0.39, 0.29) is 0 Å².